The van der Waals surface area contributed by atoms with E-state index in [0.717, 1.165) is 29.0 Å². The van der Waals surface area contributed by atoms with Crippen LogP contribution >= 0.6 is 11.3 Å². The topological polar surface area (TPSA) is 88.9 Å². The molecule has 3 aromatic rings. The Hall–Kier alpha value is -2.71. The van der Waals surface area contributed by atoms with Gasteiger partial charge in [-0.05, 0) is 25.5 Å². The third-order valence-corrected chi connectivity index (χ3v) is 5.51. The zero-order valence-corrected chi connectivity index (χ0v) is 15.7. The SMILES string of the molecule is CCOc1ccccc1-c1sc2c(N/N=C/C3CCOC3)ncnc2c1O. The summed E-state index contributed by atoms with van der Waals surface area (Å²) in [6.07, 6.45) is 4.24. The van der Waals surface area contributed by atoms with E-state index in [1.165, 1.54) is 17.7 Å². The van der Waals surface area contributed by atoms with Crippen LogP contribution in [0.1, 0.15) is 13.3 Å². The fourth-order valence-electron chi connectivity index (χ4n) is 2.97. The molecule has 0 bridgehead atoms. The molecule has 0 aliphatic carbocycles. The van der Waals surface area contributed by atoms with Crippen LogP contribution in [0.2, 0.25) is 0 Å². The van der Waals surface area contributed by atoms with Crippen molar-refractivity contribution in [3.63, 3.8) is 0 Å². The summed E-state index contributed by atoms with van der Waals surface area (Å²) in [5, 5.41) is 15.0. The lowest BCUT2D eigenvalue weighted by atomic mass is 10.1. The Morgan fingerprint density at radius 3 is 3.11 bits per heavy atom. The number of para-hydroxylation sites is 1. The first-order chi connectivity index (χ1) is 13.3. The number of hydrazone groups is 1. The van der Waals surface area contributed by atoms with Crippen molar-refractivity contribution in [2.75, 3.05) is 25.2 Å². The quantitative estimate of drug-likeness (QED) is 0.495. The Bertz CT molecular complexity index is 967. The number of nitrogens with one attached hydrogen (secondary N) is 1. The van der Waals surface area contributed by atoms with Gasteiger partial charge in [-0.2, -0.15) is 5.10 Å². The molecule has 1 unspecified atom stereocenters. The maximum atomic E-state index is 10.7. The number of hydrogen-bond donors (Lipinski definition) is 2. The van der Waals surface area contributed by atoms with Gasteiger partial charge < -0.3 is 14.6 Å². The average Bonchev–Trinajstić information content (AvgIpc) is 3.32. The molecule has 2 aromatic heterocycles. The molecule has 0 radical (unpaired) electrons. The second-order valence-corrected chi connectivity index (χ2v) is 7.14. The Labute approximate surface area is 160 Å². The highest BCUT2D eigenvalue weighted by Crippen LogP contribution is 2.47. The van der Waals surface area contributed by atoms with E-state index in [-0.39, 0.29) is 5.75 Å². The largest absolute Gasteiger partial charge is 0.504 e. The van der Waals surface area contributed by atoms with E-state index in [1.54, 1.807) is 0 Å². The molecule has 1 aliphatic heterocycles. The summed E-state index contributed by atoms with van der Waals surface area (Å²) in [5.41, 5.74) is 4.31. The molecule has 7 nitrogen and oxygen atoms in total. The predicted molar refractivity (Wildman–Crippen MR) is 107 cm³/mol. The summed E-state index contributed by atoms with van der Waals surface area (Å²) in [6, 6.07) is 7.64. The second-order valence-electron chi connectivity index (χ2n) is 6.12. The van der Waals surface area contributed by atoms with Gasteiger partial charge in [0.05, 0.1) is 18.1 Å². The molecule has 1 fully saturated rings. The van der Waals surface area contributed by atoms with Crippen molar-refractivity contribution in [3.05, 3.63) is 30.6 Å². The van der Waals surface area contributed by atoms with Crippen LogP contribution in [0.4, 0.5) is 5.82 Å². The lowest BCUT2D eigenvalue weighted by Crippen LogP contribution is -2.02. The number of benzene rings is 1. The van der Waals surface area contributed by atoms with Gasteiger partial charge in [0.25, 0.3) is 0 Å². The lowest BCUT2D eigenvalue weighted by Gasteiger charge is -2.08. The molecule has 140 valence electrons. The zero-order chi connectivity index (χ0) is 18.6. The fourth-order valence-corrected chi connectivity index (χ4v) is 4.09. The number of aromatic nitrogens is 2. The minimum absolute atomic E-state index is 0.126. The van der Waals surface area contributed by atoms with Gasteiger partial charge in [0, 0.05) is 24.3 Å². The minimum atomic E-state index is 0.126. The molecule has 0 amide bonds. The number of anilines is 1. The van der Waals surface area contributed by atoms with Gasteiger partial charge in [-0.3, -0.25) is 5.43 Å². The molecule has 0 spiro atoms. The van der Waals surface area contributed by atoms with Crippen LogP contribution in [-0.2, 0) is 4.74 Å². The van der Waals surface area contributed by atoms with Crippen LogP contribution < -0.4 is 10.2 Å². The number of rotatable bonds is 6. The summed E-state index contributed by atoms with van der Waals surface area (Å²) in [7, 11) is 0. The van der Waals surface area contributed by atoms with E-state index >= 15 is 0 Å². The molecule has 0 saturated carbocycles. The Balaban J connectivity index is 1.69. The van der Waals surface area contributed by atoms with Crippen LogP contribution in [0, 0.1) is 5.92 Å². The summed E-state index contributed by atoms with van der Waals surface area (Å²) in [5.74, 6) is 1.74. The second kappa shape index (κ2) is 7.89. The maximum absolute atomic E-state index is 10.7. The molecular weight excluding hydrogens is 364 g/mol. The monoisotopic (exact) mass is 384 g/mol. The van der Waals surface area contributed by atoms with Crippen molar-refractivity contribution in [3.8, 4) is 21.9 Å². The minimum Gasteiger partial charge on any atom is -0.504 e. The van der Waals surface area contributed by atoms with Gasteiger partial charge in [-0.25, -0.2) is 9.97 Å². The number of fused-ring (bicyclic) bond motifs is 1. The van der Waals surface area contributed by atoms with E-state index < -0.39 is 0 Å². The summed E-state index contributed by atoms with van der Waals surface area (Å²) >= 11 is 1.41. The Morgan fingerprint density at radius 2 is 2.30 bits per heavy atom. The Morgan fingerprint density at radius 1 is 1.41 bits per heavy atom. The molecule has 1 atom stereocenters. The van der Waals surface area contributed by atoms with Crippen molar-refractivity contribution < 1.29 is 14.6 Å². The van der Waals surface area contributed by atoms with Crippen molar-refractivity contribution >= 4 is 33.6 Å². The summed E-state index contributed by atoms with van der Waals surface area (Å²) in [4.78, 5) is 9.22. The van der Waals surface area contributed by atoms with Gasteiger partial charge in [0.15, 0.2) is 11.6 Å². The first-order valence-electron chi connectivity index (χ1n) is 8.83. The molecule has 1 aliphatic rings. The highest BCUT2D eigenvalue weighted by molar-refractivity contribution is 7.23. The molecule has 4 rings (SSSR count). The third-order valence-electron chi connectivity index (χ3n) is 4.30. The van der Waals surface area contributed by atoms with Crippen LogP contribution in [0.5, 0.6) is 11.5 Å². The van der Waals surface area contributed by atoms with Crippen molar-refractivity contribution in [1.29, 1.82) is 0 Å². The first-order valence-corrected chi connectivity index (χ1v) is 9.65. The van der Waals surface area contributed by atoms with E-state index in [1.807, 2.05) is 37.4 Å². The van der Waals surface area contributed by atoms with E-state index in [2.05, 4.69) is 20.5 Å². The van der Waals surface area contributed by atoms with Crippen molar-refractivity contribution in [1.82, 2.24) is 9.97 Å². The van der Waals surface area contributed by atoms with Crippen LogP contribution in [0.25, 0.3) is 20.7 Å². The standard InChI is InChI=1S/C19H20N4O3S/c1-2-26-14-6-4-3-5-13(14)17-16(24)15-18(27-17)19(21-11-20-15)23-22-9-12-7-8-25-10-12/h3-6,9,11-12,24H,2,7-8,10H2,1H3,(H,20,21,23)/b22-9+. The number of nitrogens with zero attached hydrogens (tertiary/aromatic N) is 3. The normalized spacial score (nSPS) is 17.0. The maximum Gasteiger partial charge on any atom is 0.167 e. The highest BCUT2D eigenvalue weighted by atomic mass is 32.1. The molecule has 3 heterocycles. The molecule has 8 heteroatoms. The molecule has 1 aromatic carbocycles. The number of aromatic hydroxyl groups is 1. The van der Waals surface area contributed by atoms with Crippen molar-refractivity contribution in [2.45, 2.75) is 13.3 Å². The number of ether oxygens (including phenoxy) is 2. The van der Waals surface area contributed by atoms with Gasteiger partial charge in [0.2, 0.25) is 0 Å². The van der Waals surface area contributed by atoms with Gasteiger partial charge in [-0.15, -0.1) is 11.3 Å². The van der Waals surface area contributed by atoms with Crippen LogP contribution in [0.3, 0.4) is 0 Å². The van der Waals surface area contributed by atoms with Crippen molar-refractivity contribution in [2.24, 2.45) is 11.0 Å². The number of hydrogen-bond acceptors (Lipinski definition) is 8. The highest BCUT2D eigenvalue weighted by Gasteiger charge is 2.20. The fraction of sp³-hybridized carbons (Fsp3) is 0.316. The van der Waals surface area contributed by atoms with Gasteiger partial charge in [-0.1, -0.05) is 12.1 Å². The molecule has 27 heavy (non-hydrogen) atoms. The third kappa shape index (κ3) is 3.58. The first kappa shape index (κ1) is 17.7. The van der Waals surface area contributed by atoms with Gasteiger partial charge >= 0.3 is 0 Å². The molecule has 2 N–H and O–H groups in total. The zero-order valence-electron chi connectivity index (χ0n) is 14.9. The molecule has 1 saturated heterocycles. The number of thiophene rings is 1. The van der Waals surface area contributed by atoms with E-state index in [4.69, 9.17) is 9.47 Å². The average molecular weight is 384 g/mol. The van der Waals surface area contributed by atoms with Crippen LogP contribution in [-0.4, -0.2) is 41.1 Å². The predicted octanol–water partition coefficient (Wildman–Crippen LogP) is 3.90. The lowest BCUT2D eigenvalue weighted by molar-refractivity contribution is 0.193. The Kier molecular flexibility index (Phi) is 5.17. The summed E-state index contributed by atoms with van der Waals surface area (Å²) in [6.45, 7) is 3.95. The molecular formula is C19H20N4O3S. The smallest absolute Gasteiger partial charge is 0.167 e. The van der Waals surface area contributed by atoms with E-state index in [0.29, 0.717) is 35.3 Å². The van der Waals surface area contributed by atoms with Crippen LogP contribution in [0.15, 0.2) is 35.7 Å². The van der Waals surface area contributed by atoms with E-state index in [9.17, 15) is 5.11 Å². The summed E-state index contributed by atoms with van der Waals surface area (Å²) < 4.78 is 11.8. The van der Waals surface area contributed by atoms with Gasteiger partial charge in [0.1, 0.15) is 22.3 Å².